The minimum absolute atomic E-state index is 0.0536. The van der Waals surface area contributed by atoms with Crippen molar-refractivity contribution >= 4 is 28.6 Å². The van der Waals surface area contributed by atoms with Crippen LogP contribution in [0.2, 0.25) is 0 Å². The molecule has 7 heteroatoms. The van der Waals surface area contributed by atoms with E-state index in [0.717, 1.165) is 0 Å². The van der Waals surface area contributed by atoms with Crippen molar-refractivity contribution in [3.8, 4) is 0 Å². The van der Waals surface area contributed by atoms with Gasteiger partial charge in [0.05, 0.1) is 11.1 Å². The lowest BCUT2D eigenvalue weighted by Crippen LogP contribution is -2.26. The third-order valence-corrected chi connectivity index (χ3v) is 3.03. The zero-order valence-corrected chi connectivity index (χ0v) is 13.4. The van der Waals surface area contributed by atoms with Crippen molar-refractivity contribution in [1.82, 2.24) is 9.78 Å². The first kappa shape index (κ1) is 16.7. The van der Waals surface area contributed by atoms with Gasteiger partial charge in [-0.15, -0.1) is 0 Å². The molecule has 0 bridgehead atoms. The molecule has 1 aromatic carbocycles. The predicted molar refractivity (Wildman–Crippen MR) is 82.5 cm³/mol. The van der Waals surface area contributed by atoms with Gasteiger partial charge >= 0.3 is 11.9 Å². The molecule has 0 unspecified atom stereocenters. The fourth-order valence-corrected chi connectivity index (χ4v) is 2.18. The van der Waals surface area contributed by atoms with Crippen LogP contribution in [0, 0.1) is 0 Å². The molecule has 2 aromatic rings. The zero-order chi connectivity index (χ0) is 17.4. The molecule has 1 aromatic heterocycles. The van der Waals surface area contributed by atoms with Crippen LogP contribution in [0.15, 0.2) is 18.2 Å². The lowest BCUT2D eigenvalue weighted by atomic mass is 10.1. The van der Waals surface area contributed by atoms with E-state index in [2.05, 4.69) is 5.10 Å². The van der Waals surface area contributed by atoms with Gasteiger partial charge in [0.15, 0.2) is 5.78 Å². The smallest absolute Gasteiger partial charge is 0.335 e. The van der Waals surface area contributed by atoms with Gasteiger partial charge in [-0.1, -0.05) is 0 Å². The second-order valence-electron chi connectivity index (χ2n) is 6.19. The standard InChI is InChI=1S/C16H18N2O5/c1-9(19)14-11-6-5-10(15(21)22)7-12(11)18(17-14)8-13(20)23-16(2,3)4/h5-7H,8H2,1-4H3,(H,21,22). The maximum Gasteiger partial charge on any atom is 0.335 e. The lowest BCUT2D eigenvalue weighted by Gasteiger charge is -2.19. The van der Waals surface area contributed by atoms with Crippen molar-refractivity contribution in [3.63, 3.8) is 0 Å². The molecule has 1 N–H and O–H groups in total. The first-order chi connectivity index (χ1) is 10.6. The monoisotopic (exact) mass is 318 g/mol. The van der Waals surface area contributed by atoms with Gasteiger partial charge in [0.25, 0.3) is 0 Å². The number of benzene rings is 1. The number of ether oxygens (including phenoxy) is 1. The molecule has 122 valence electrons. The zero-order valence-electron chi connectivity index (χ0n) is 13.4. The molecule has 2 rings (SSSR count). The average molecular weight is 318 g/mol. The summed E-state index contributed by atoms with van der Waals surface area (Å²) in [6, 6.07) is 4.31. The number of carbonyl (C=O) groups is 3. The van der Waals surface area contributed by atoms with Crippen LogP contribution in [-0.4, -0.2) is 38.2 Å². The van der Waals surface area contributed by atoms with Gasteiger partial charge in [-0.3, -0.25) is 14.3 Å². The molecule has 1 heterocycles. The van der Waals surface area contributed by atoms with E-state index in [1.54, 1.807) is 20.8 Å². The summed E-state index contributed by atoms with van der Waals surface area (Å²) in [5.74, 6) is -1.87. The van der Waals surface area contributed by atoms with E-state index >= 15 is 0 Å². The third-order valence-electron chi connectivity index (χ3n) is 3.03. The number of hydrogen-bond acceptors (Lipinski definition) is 5. The van der Waals surface area contributed by atoms with E-state index in [-0.39, 0.29) is 23.6 Å². The Kier molecular flexibility index (Phi) is 4.22. The number of fused-ring (bicyclic) bond motifs is 1. The Hall–Kier alpha value is -2.70. The van der Waals surface area contributed by atoms with E-state index in [1.807, 2.05) is 0 Å². The highest BCUT2D eigenvalue weighted by atomic mass is 16.6. The summed E-state index contributed by atoms with van der Waals surface area (Å²) < 4.78 is 6.54. The quantitative estimate of drug-likeness (QED) is 0.686. The summed E-state index contributed by atoms with van der Waals surface area (Å²) in [4.78, 5) is 34.8. The number of ketones is 1. The van der Waals surface area contributed by atoms with Gasteiger partial charge in [-0.2, -0.15) is 5.10 Å². The van der Waals surface area contributed by atoms with Crippen molar-refractivity contribution in [3.05, 3.63) is 29.5 Å². The van der Waals surface area contributed by atoms with E-state index in [1.165, 1.54) is 29.8 Å². The number of carbonyl (C=O) groups excluding carboxylic acids is 2. The Morgan fingerprint density at radius 1 is 1.26 bits per heavy atom. The highest BCUT2D eigenvalue weighted by Crippen LogP contribution is 2.21. The van der Waals surface area contributed by atoms with E-state index in [0.29, 0.717) is 10.9 Å². The van der Waals surface area contributed by atoms with Gasteiger partial charge in [-0.05, 0) is 39.0 Å². The molecule has 0 aliphatic carbocycles. The number of aromatic carboxylic acids is 1. The second kappa shape index (κ2) is 5.83. The molecule has 23 heavy (non-hydrogen) atoms. The molecule has 0 atom stereocenters. The Balaban J connectivity index is 2.49. The number of nitrogens with zero attached hydrogens (tertiary/aromatic N) is 2. The number of esters is 1. The maximum atomic E-state index is 12.0. The summed E-state index contributed by atoms with van der Waals surface area (Å²) in [6.07, 6.45) is 0. The molecule has 0 radical (unpaired) electrons. The van der Waals surface area contributed by atoms with Crippen molar-refractivity contribution in [2.45, 2.75) is 39.8 Å². The number of rotatable bonds is 4. The first-order valence-corrected chi connectivity index (χ1v) is 7.05. The predicted octanol–water partition coefficient (Wildman–Crippen LogP) is 2.28. The van der Waals surface area contributed by atoms with Crippen molar-refractivity contribution < 1.29 is 24.2 Å². The van der Waals surface area contributed by atoms with Gasteiger partial charge in [-0.25, -0.2) is 4.79 Å². The van der Waals surface area contributed by atoms with Crippen LogP contribution in [0.4, 0.5) is 0 Å². The Bertz CT molecular complexity index is 799. The number of Topliss-reactive ketones (excluding diaryl/α,β-unsaturated/α-hetero) is 1. The lowest BCUT2D eigenvalue weighted by molar-refractivity contribution is -0.155. The van der Waals surface area contributed by atoms with Crippen LogP contribution in [0.1, 0.15) is 48.5 Å². The highest BCUT2D eigenvalue weighted by Gasteiger charge is 2.21. The van der Waals surface area contributed by atoms with Crippen molar-refractivity contribution in [2.75, 3.05) is 0 Å². The Labute approximate surface area is 132 Å². The van der Waals surface area contributed by atoms with Crippen LogP contribution in [0.3, 0.4) is 0 Å². The summed E-state index contributed by atoms with van der Waals surface area (Å²) in [5, 5.41) is 13.7. The van der Waals surface area contributed by atoms with Crippen molar-refractivity contribution in [1.29, 1.82) is 0 Å². The fraction of sp³-hybridized carbons (Fsp3) is 0.375. The van der Waals surface area contributed by atoms with Crippen LogP contribution in [0.25, 0.3) is 10.9 Å². The van der Waals surface area contributed by atoms with Crippen LogP contribution in [0.5, 0.6) is 0 Å². The average Bonchev–Trinajstić information content (AvgIpc) is 2.74. The molecule has 0 saturated carbocycles. The number of carboxylic acid groups (broad SMARTS) is 1. The van der Waals surface area contributed by atoms with Gasteiger partial charge in [0.1, 0.15) is 17.8 Å². The molecule has 0 saturated heterocycles. The molecule has 0 aliphatic heterocycles. The Morgan fingerprint density at radius 2 is 1.91 bits per heavy atom. The molecular weight excluding hydrogens is 300 g/mol. The van der Waals surface area contributed by atoms with Gasteiger partial charge < -0.3 is 9.84 Å². The molecule has 7 nitrogen and oxygen atoms in total. The topological polar surface area (TPSA) is 98.5 Å². The highest BCUT2D eigenvalue weighted by molar-refractivity contribution is 6.06. The van der Waals surface area contributed by atoms with E-state index in [4.69, 9.17) is 9.84 Å². The fourth-order valence-electron chi connectivity index (χ4n) is 2.18. The summed E-state index contributed by atoms with van der Waals surface area (Å²) in [5.41, 5.74) is 0.00904. The summed E-state index contributed by atoms with van der Waals surface area (Å²) >= 11 is 0. The van der Waals surface area contributed by atoms with Crippen LogP contribution >= 0.6 is 0 Å². The normalized spacial score (nSPS) is 11.5. The molecule has 0 amide bonds. The Morgan fingerprint density at radius 3 is 2.43 bits per heavy atom. The molecule has 0 fully saturated rings. The van der Waals surface area contributed by atoms with Gasteiger partial charge in [0, 0.05) is 12.3 Å². The molecule has 0 aliphatic rings. The van der Waals surface area contributed by atoms with E-state index in [9.17, 15) is 14.4 Å². The SMILES string of the molecule is CC(=O)c1nn(CC(=O)OC(C)(C)C)c2cc(C(=O)O)ccc12. The minimum Gasteiger partial charge on any atom is -0.478 e. The maximum absolute atomic E-state index is 12.0. The minimum atomic E-state index is -1.10. The number of carboxylic acids is 1. The van der Waals surface area contributed by atoms with E-state index < -0.39 is 17.5 Å². The first-order valence-electron chi connectivity index (χ1n) is 7.05. The van der Waals surface area contributed by atoms with Crippen molar-refractivity contribution in [2.24, 2.45) is 0 Å². The van der Waals surface area contributed by atoms with Crippen LogP contribution < -0.4 is 0 Å². The molecule has 0 spiro atoms. The largest absolute Gasteiger partial charge is 0.478 e. The second-order valence-corrected chi connectivity index (χ2v) is 6.19. The van der Waals surface area contributed by atoms with Gasteiger partial charge in [0.2, 0.25) is 0 Å². The summed E-state index contributed by atoms with van der Waals surface area (Å²) in [7, 11) is 0. The third kappa shape index (κ3) is 3.74. The van der Waals surface area contributed by atoms with Crippen LogP contribution in [-0.2, 0) is 16.1 Å². The number of hydrogen-bond donors (Lipinski definition) is 1. The molecular formula is C16H18N2O5. The summed E-state index contributed by atoms with van der Waals surface area (Å²) in [6.45, 7) is 6.40. The number of aromatic nitrogens is 2.